The molecule has 5 nitrogen and oxygen atoms in total. The summed E-state index contributed by atoms with van der Waals surface area (Å²) in [5, 5.41) is 2.79. The van der Waals surface area contributed by atoms with Crippen LogP contribution in [0.25, 0.3) is 0 Å². The number of likely N-dealkylation sites (tertiary alicyclic amines) is 1. The molecule has 1 fully saturated rings. The first-order chi connectivity index (χ1) is 7.58. The number of nitrogens with one attached hydrogen (secondary N) is 1. The van der Waals surface area contributed by atoms with Gasteiger partial charge in [-0.3, -0.25) is 4.90 Å². The molecule has 1 aliphatic rings. The maximum Gasteiger partial charge on any atom is 0.407 e. The van der Waals surface area contributed by atoms with Crippen molar-refractivity contribution in [3.8, 4) is 0 Å². The van der Waals surface area contributed by atoms with Crippen molar-refractivity contribution in [1.82, 2.24) is 10.2 Å². The molecule has 0 aromatic rings. The van der Waals surface area contributed by atoms with E-state index in [0.717, 1.165) is 25.9 Å². The van der Waals surface area contributed by atoms with Crippen LogP contribution in [0.15, 0.2) is 0 Å². The van der Waals surface area contributed by atoms with Gasteiger partial charge in [0.05, 0.1) is 18.1 Å². The van der Waals surface area contributed by atoms with Gasteiger partial charge in [0.25, 0.3) is 0 Å². The zero-order valence-electron chi connectivity index (χ0n) is 9.73. The van der Waals surface area contributed by atoms with Gasteiger partial charge in [0.15, 0.2) is 0 Å². The van der Waals surface area contributed by atoms with Gasteiger partial charge in [0.2, 0.25) is 0 Å². The van der Waals surface area contributed by atoms with Gasteiger partial charge in [-0.05, 0) is 12.8 Å². The molecular weight excluding hydrogens is 226 g/mol. The maximum atomic E-state index is 11.0. The zero-order chi connectivity index (χ0) is 12.1. The minimum Gasteiger partial charge on any atom is -0.453 e. The highest BCUT2D eigenvalue weighted by molar-refractivity contribution is 7.80. The van der Waals surface area contributed by atoms with E-state index in [1.54, 1.807) is 0 Å². The summed E-state index contributed by atoms with van der Waals surface area (Å²) in [5.74, 6) is 0. The molecule has 1 rings (SSSR count). The first kappa shape index (κ1) is 13.2. The second-order valence-corrected chi connectivity index (χ2v) is 4.41. The van der Waals surface area contributed by atoms with Crippen molar-refractivity contribution in [3.63, 3.8) is 0 Å². The summed E-state index contributed by atoms with van der Waals surface area (Å²) in [7, 11) is 1.37. The minimum atomic E-state index is -0.379. The second-order valence-electron chi connectivity index (χ2n) is 3.94. The molecule has 0 spiro atoms. The molecule has 6 heteroatoms. The van der Waals surface area contributed by atoms with E-state index in [4.69, 9.17) is 18.0 Å². The molecule has 2 atom stereocenters. The van der Waals surface area contributed by atoms with Crippen molar-refractivity contribution in [1.29, 1.82) is 0 Å². The van der Waals surface area contributed by atoms with Crippen molar-refractivity contribution >= 4 is 23.3 Å². The van der Waals surface area contributed by atoms with Crippen LogP contribution in [0.2, 0.25) is 0 Å². The summed E-state index contributed by atoms with van der Waals surface area (Å²) in [6, 6.07) is 0.273. The average molecular weight is 245 g/mol. The Bertz CT molecular complexity index is 273. The number of methoxy groups -OCH3 is 1. The number of rotatable bonds is 4. The van der Waals surface area contributed by atoms with Crippen molar-refractivity contribution in [3.05, 3.63) is 0 Å². The minimum absolute atomic E-state index is 0.135. The summed E-state index contributed by atoms with van der Waals surface area (Å²) in [5.41, 5.74) is 5.68. The molecule has 2 unspecified atom stereocenters. The van der Waals surface area contributed by atoms with Gasteiger partial charge in [-0.1, -0.05) is 19.1 Å². The van der Waals surface area contributed by atoms with Crippen molar-refractivity contribution < 1.29 is 9.53 Å². The Morgan fingerprint density at radius 1 is 1.75 bits per heavy atom. The molecule has 0 aromatic carbocycles. The topological polar surface area (TPSA) is 67.6 Å². The van der Waals surface area contributed by atoms with Crippen molar-refractivity contribution in [2.45, 2.75) is 31.8 Å². The van der Waals surface area contributed by atoms with Crippen molar-refractivity contribution in [2.75, 3.05) is 20.2 Å². The number of nitrogens with zero attached hydrogens (tertiary/aromatic N) is 1. The molecule has 92 valence electrons. The molecule has 0 bridgehead atoms. The highest BCUT2D eigenvalue weighted by atomic mass is 32.1. The Hall–Kier alpha value is -0.880. The van der Waals surface area contributed by atoms with E-state index in [-0.39, 0.29) is 18.2 Å². The van der Waals surface area contributed by atoms with Gasteiger partial charge in [-0.25, -0.2) is 4.79 Å². The lowest BCUT2D eigenvalue weighted by Crippen LogP contribution is -2.44. The van der Waals surface area contributed by atoms with Crippen LogP contribution in [0, 0.1) is 0 Å². The fourth-order valence-electron chi connectivity index (χ4n) is 2.05. The van der Waals surface area contributed by atoms with Crippen LogP contribution in [-0.2, 0) is 4.74 Å². The van der Waals surface area contributed by atoms with E-state index in [2.05, 4.69) is 21.9 Å². The lowest BCUT2D eigenvalue weighted by atomic mass is 10.2. The molecule has 0 aromatic heterocycles. The second kappa shape index (κ2) is 6.00. The van der Waals surface area contributed by atoms with Crippen LogP contribution in [0.4, 0.5) is 4.79 Å². The monoisotopic (exact) mass is 245 g/mol. The van der Waals surface area contributed by atoms with E-state index < -0.39 is 0 Å². The standard InChI is InChI=1S/C10H19N3O2S/c1-3-8(9(11)16)13-5-4-7(6-13)12-10(14)15-2/h7-8H,3-6H2,1-2H3,(H2,11,16)(H,12,14). The first-order valence-corrected chi connectivity index (χ1v) is 5.87. The Kier molecular flexibility index (Phi) is 4.95. The summed E-state index contributed by atoms with van der Waals surface area (Å²) < 4.78 is 4.56. The van der Waals surface area contributed by atoms with Crippen LogP contribution in [0.5, 0.6) is 0 Å². The number of hydrogen-bond donors (Lipinski definition) is 2. The number of carbonyl (C=O) groups is 1. The number of hydrogen-bond acceptors (Lipinski definition) is 4. The van der Waals surface area contributed by atoms with Crippen molar-refractivity contribution in [2.24, 2.45) is 5.73 Å². The highest BCUT2D eigenvalue weighted by Gasteiger charge is 2.29. The Morgan fingerprint density at radius 2 is 2.44 bits per heavy atom. The number of thiocarbonyl (C=S) groups is 1. The molecule has 16 heavy (non-hydrogen) atoms. The van der Waals surface area contributed by atoms with Crippen LogP contribution < -0.4 is 11.1 Å². The van der Waals surface area contributed by atoms with E-state index in [1.807, 2.05) is 0 Å². The van der Waals surface area contributed by atoms with E-state index in [0.29, 0.717) is 4.99 Å². The Labute approximate surface area is 101 Å². The van der Waals surface area contributed by atoms with Crippen LogP contribution in [-0.4, -0.2) is 48.3 Å². The predicted molar refractivity (Wildman–Crippen MR) is 66.4 cm³/mol. The summed E-state index contributed by atoms with van der Waals surface area (Å²) in [6.07, 6.45) is 1.43. The Balaban J connectivity index is 2.45. The lowest BCUT2D eigenvalue weighted by molar-refractivity contribution is 0.166. The van der Waals surface area contributed by atoms with Crippen LogP contribution in [0.3, 0.4) is 0 Å². The fourth-order valence-corrected chi connectivity index (χ4v) is 2.37. The van der Waals surface area contributed by atoms with E-state index in [1.165, 1.54) is 7.11 Å². The third-order valence-electron chi connectivity index (χ3n) is 2.88. The smallest absolute Gasteiger partial charge is 0.407 e. The lowest BCUT2D eigenvalue weighted by Gasteiger charge is -2.25. The first-order valence-electron chi connectivity index (χ1n) is 5.46. The molecule has 1 heterocycles. The van der Waals surface area contributed by atoms with Gasteiger partial charge < -0.3 is 15.8 Å². The van der Waals surface area contributed by atoms with E-state index in [9.17, 15) is 4.79 Å². The summed E-state index contributed by atoms with van der Waals surface area (Å²) in [4.78, 5) is 13.8. The van der Waals surface area contributed by atoms with Gasteiger partial charge >= 0.3 is 6.09 Å². The molecule has 1 saturated heterocycles. The fraction of sp³-hybridized carbons (Fsp3) is 0.800. The third kappa shape index (κ3) is 3.31. The molecule has 1 aliphatic heterocycles. The van der Waals surface area contributed by atoms with Gasteiger partial charge in [-0.2, -0.15) is 0 Å². The highest BCUT2D eigenvalue weighted by Crippen LogP contribution is 2.15. The molecule has 1 amide bonds. The molecule has 0 radical (unpaired) electrons. The molecular formula is C10H19N3O2S. The summed E-state index contributed by atoms with van der Waals surface area (Å²) >= 11 is 5.03. The largest absolute Gasteiger partial charge is 0.453 e. The van der Waals surface area contributed by atoms with Crippen LogP contribution in [0.1, 0.15) is 19.8 Å². The number of amides is 1. The molecule has 0 saturated carbocycles. The quantitative estimate of drug-likeness (QED) is 0.705. The van der Waals surface area contributed by atoms with E-state index >= 15 is 0 Å². The van der Waals surface area contributed by atoms with Crippen LogP contribution >= 0.6 is 12.2 Å². The zero-order valence-corrected chi connectivity index (χ0v) is 10.5. The third-order valence-corrected chi connectivity index (χ3v) is 3.16. The normalized spacial score (nSPS) is 22.8. The molecule has 3 N–H and O–H groups in total. The maximum absolute atomic E-state index is 11.0. The average Bonchev–Trinajstić information content (AvgIpc) is 2.66. The predicted octanol–water partition coefficient (Wildman–Crippen LogP) is 0.481. The SMILES string of the molecule is CCC(C(N)=S)N1CCC(NC(=O)OC)C1. The van der Waals surface area contributed by atoms with Gasteiger partial charge in [-0.15, -0.1) is 0 Å². The van der Waals surface area contributed by atoms with Gasteiger partial charge in [0.1, 0.15) is 0 Å². The number of carbonyl (C=O) groups excluding carboxylic acids is 1. The summed E-state index contributed by atoms with van der Waals surface area (Å²) in [6.45, 7) is 3.75. The number of alkyl carbamates (subject to hydrolysis) is 1. The van der Waals surface area contributed by atoms with Gasteiger partial charge in [0, 0.05) is 19.1 Å². The number of nitrogens with two attached hydrogens (primary N) is 1. The molecule has 0 aliphatic carbocycles. The number of ether oxygens (including phenoxy) is 1. The Morgan fingerprint density at radius 3 is 2.94 bits per heavy atom.